The average molecular weight is 245 g/mol. The van der Waals surface area contributed by atoms with E-state index in [-0.39, 0.29) is 6.04 Å². The largest absolute Gasteiger partial charge is 0.380 e. The molecular weight excluding hydrogens is 226 g/mol. The van der Waals surface area contributed by atoms with Crippen LogP contribution in [-0.4, -0.2) is 29.5 Å². The van der Waals surface area contributed by atoms with E-state index in [9.17, 15) is 0 Å². The standard InChI is InChI=1S/C14H19N3O/c1-4-18-9-10(2)15-14-13-8-6-5-7-12(13)11(3)16-17-14/h5-8,10H,4,9H2,1-3H3,(H,15,17). The lowest BCUT2D eigenvalue weighted by molar-refractivity contribution is 0.141. The lowest BCUT2D eigenvalue weighted by atomic mass is 10.1. The molecule has 0 aliphatic carbocycles. The van der Waals surface area contributed by atoms with Crippen LogP contribution in [0.2, 0.25) is 0 Å². The van der Waals surface area contributed by atoms with Gasteiger partial charge >= 0.3 is 0 Å². The Hall–Kier alpha value is -1.68. The predicted octanol–water partition coefficient (Wildman–Crippen LogP) is 2.78. The molecule has 0 radical (unpaired) electrons. The van der Waals surface area contributed by atoms with Gasteiger partial charge in [0.15, 0.2) is 5.82 Å². The van der Waals surface area contributed by atoms with Crippen LogP contribution in [-0.2, 0) is 4.74 Å². The van der Waals surface area contributed by atoms with Crippen molar-refractivity contribution < 1.29 is 4.74 Å². The molecule has 0 bridgehead atoms. The second-order valence-electron chi connectivity index (χ2n) is 4.38. The van der Waals surface area contributed by atoms with Crippen LogP contribution in [0.4, 0.5) is 5.82 Å². The summed E-state index contributed by atoms with van der Waals surface area (Å²) in [6.07, 6.45) is 0. The third-order valence-corrected chi connectivity index (χ3v) is 2.83. The topological polar surface area (TPSA) is 47.0 Å². The Morgan fingerprint density at radius 1 is 1.22 bits per heavy atom. The first-order valence-electron chi connectivity index (χ1n) is 6.28. The van der Waals surface area contributed by atoms with Crippen molar-refractivity contribution in [1.29, 1.82) is 0 Å². The summed E-state index contributed by atoms with van der Waals surface area (Å²) in [6, 6.07) is 8.38. The molecule has 4 nitrogen and oxygen atoms in total. The molecule has 1 aromatic carbocycles. The minimum absolute atomic E-state index is 0.213. The van der Waals surface area contributed by atoms with E-state index in [1.807, 2.05) is 26.0 Å². The summed E-state index contributed by atoms with van der Waals surface area (Å²) in [5.41, 5.74) is 0.952. The minimum atomic E-state index is 0.213. The van der Waals surface area contributed by atoms with Gasteiger partial charge in [-0.25, -0.2) is 0 Å². The fourth-order valence-electron chi connectivity index (χ4n) is 1.91. The molecule has 2 rings (SSSR count). The highest BCUT2D eigenvalue weighted by molar-refractivity contribution is 5.92. The fourth-order valence-corrected chi connectivity index (χ4v) is 1.91. The average Bonchev–Trinajstić information content (AvgIpc) is 2.40. The number of rotatable bonds is 5. The van der Waals surface area contributed by atoms with Crippen molar-refractivity contribution in [2.45, 2.75) is 26.8 Å². The second kappa shape index (κ2) is 5.78. The Balaban J connectivity index is 2.26. The van der Waals surface area contributed by atoms with Crippen LogP contribution in [0.5, 0.6) is 0 Å². The monoisotopic (exact) mass is 245 g/mol. The molecule has 1 atom stereocenters. The molecule has 0 saturated carbocycles. The van der Waals surface area contributed by atoms with Crippen LogP contribution in [0.3, 0.4) is 0 Å². The van der Waals surface area contributed by atoms with E-state index in [4.69, 9.17) is 4.74 Å². The quantitative estimate of drug-likeness (QED) is 0.880. The third kappa shape index (κ3) is 2.76. The van der Waals surface area contributed by atoms with E-state index in [2.05, 4.69) is 34.6 Å². The molecule has 4 heteroatoms. The van der Waals surface area contributed by atoms with Gasteiger partial charge in [-0.05, 0) is 20.8 Å². The van der Waals surface area contributed by atoms with Crippen molar-refractivity contribution in [2.24, 2.45) is 0 Å². The molecule has 2 aromatic rings. The van der Waals surface area contributed by atoms with Crippen molar-refractivity contribution in [3.8, 4) is 0 Å². The Morgan fingerprint density at radius 3 is 2.67 bits per heavy atom. The molecule has 0 fully saturated rings. The van der Waals surface area contributed by atoms with E-state index in [0.29, 0.717) is 6.61 Å². The maximum atomic E-state index is 5.39. The number of aromatic nitrogens is 2. The van der Waals surface area contributed by atoms with Crippen molar-refractivity contribution in [3.05, 3.63) is 30.0 Å². The van der Waals surface area contributed by atoms with Crippen molar-refractivity contribution in [1.82, 2.24) is 10.2 Å². The summed E-state index contributed by atoms with van der Waals surface area (Å²) in [4.78, 5) is 0. The summed E-state index contributed by atoms with van der Waals surface area (Å²) in [5, 5.41) is 14.0. The highest BCUT2D eigenvalue weighted by atomic mass is 16.5. The number of nitrogens with one attached hydrogen (secondary N) is 1. The highest BCUT2D eigenvalue weighted by Crippen LogP contribution is 2.22. The highest BCUT2D eigenvalue weighted by Gasteiger charge is 2.08. The van der Waals surface area contributed by atoms with Gasteiger partial charge in [-0.15, -0.1) is 5.10 Å². The minimum Gasteiger partial charge on any atom is -0.380 e. The van der Waals surface area contributed by atoms with Crippen LogP contribution in [0.25, 0.3) is 10.8 Å². The van der Waals surface area contributed by atoms with Crippen molar-refractivity contribution in [3.63, 3.8) is 0 Å². The smallest absolute Gasteiger partial charge is 0.156 e. The first kappa shape index (κ1) is 12.8. The molecule has 0 aliphatic heterocycles. The number of nitrogens with zero attached hydrogens (tertiary/aromatic N) is 2. The normalized spacial score (nSPS) is 12.6. The molecule has 18 heavy (non-hydrogen) atoms. The molecule has 1 aromatic heterocycles. The summed E-state index contributed by atoms with van der Waals surface area (Å²) in [6.45, 7) is 7.44. The van der Waals surface area contributed by atoms with Crippen LogP contribution in [0, 0.1) is 6.92 Å². The van der Waals surface area contributed by atoms with Crippen LogP contribution < -0.4 is 5.32 Å². The lowest BCUT2D eigenvalue weighted by Crippen LogP contribution is -2.22. The number of fused-ring (bicyclic) bond motifs is 1. The Bertz CT molecular complexity index is 527. The summed E-state index contributed by atoms with van der Waals surface area (Å²) in [5.74, 6) is 0.823. The molecular formula is C14H19N3O. The number of anilines is 1. The first-order chi connectivity index (χ1) is 8.72. The van der Waals surface area contributed by atoms with Crippen LogP contribution in [0.1, 0.15) is 19.5 Å². The second-order valence-corrected chi connectivity index (χ2v) is 4.38. The fraction of sp³-hybridized carbons (Fsp3) is 0.429. The van der Waals surface area contributed by atoms with Crippen LogP contribution in [0.15, 0.2) is 24.3 Å². The van der Waals surface area contributed by atoms with Gasteiger partial charge in [-0.2, -0.15) is 5.10 Å². The lowest BCUT2D eigenvalue weighted by Gasteiger charge is -2.15. The zero-order valence-electron chi connectivity index (χ0n) is 11.1. The SMILES string of the molecule is CCOCC(C)Nc1nnc(C)c2ccccc12. The van der Waals surface area contributed by atoms with Gasteiger partial charge in [0.1, 0.15) is 0 Å². The molecule has 96 valence electrons. The molecule has 0 aliphatic rings. The molecule has 1 N–H and O–H groups in total. The number of hydrogen-bond donors (Lipinski definition) is 1. The third-order valence-electron chi connectivity index (χ3n) is 2.83. The van der Waals surface area contributed by atoms with Gasteiger partial charge in [0.05, 0.1) is 12.3 Å². The van der Waals surface area contributed by atoms with E-state index in [1.54, 1.807) is 0 Å². The Morgan fingerprint density at radius 2 is 1.94 bits per heavy atom. The molecule has 0 saturated heterocycles. The molecule has 1 unspecified atom stereocenters. The zero-order chi connectivity index (χ0) is 13.0. The van der Waals surface area contributed by atoms with Gasteiger partial charge in [0.2, 0.25) is 0 Å². The maximum absolute atomic E-state index is 5.39. The van der Waals surface area contributed by atoms with Crippen molar-refractivity contribution in [2.75, 3.05) is 18.5 Å². The molecule has 0 spiro atoms. The zero-order valence-corrected chi connectivity index (χ0v) is 11.1. The predicted molar refractivity (Wildman–Crippen MR) is 73.9 cm³/mol. The van der Waals surface area contributed by atoms with E-state index < -0.39 is 0 Å². The first-order valence-corrected chi connectivity index (χ1v) is 6.28. The van der Waals surface area contributed by atoms with E-state index in [0.717, 1.165) is 28.9 Å². The van der Waals surface area contributed by atoms with Crippen LogP contribution >= 0.6 is 0 Å². The van der Waals surface area contributed by atoms with Gasteiger partial charge in [-0.1, -0.05) is 24.3 Å². The molecule has 1 heterocycles. The number of ether oxygens (including phenoxy) is 1. The van der Waals surface area contributed by atoms with E-state index >= 15 is 0 Å². The Labute approximate surface area is 107 Å². The van der Waals surface area contributed by atoms with Gasteiger partial charge in [0.25, 0.3) is 0 Å². The number of benzene rings is 1. The van der Waals surface area contributed by atoms with Gasteiger partial charge < -0.3 is 10.1 Å². The van der Waals surface area contributed by atoms with Gasteiger partial charge in [-0.3, -0.25) is 0 Å². The molecule has 0 amide bonds. The van der Waals surface area contributed by atoms with Crippen molar-refractivity contribution >= 4 is 16.6 Å². The number of aryl methyl sites for hydroxylation is 1. The van der Waals surface area contributed by atoms with Gasteiger partial charge in [0, 0.05) is 23.4 Å². The number of hydrogen-bond acceptors (Lipinski definition) is 4. The summed E-state index contributed by atoms with van der Waals surface area (Å²) in [7, 11) is 0. The summed E-state index contributed by atoms with van der Waals surface area (Å²) < 4.78 is 5.39. The summed E-state index contributed by atoms with van der Waals surface area (Å²) >= 11 is 0. The maximum Gasteiger partial charge on any atom is 0.156 e. The van der Waals surface area contributed by atoms with E-state index in [1.165, 1.54) is 0 Å². The Kier molecular flexibility index (Phi) is 4.10.